The molecule has 4 rings (SSSR count). The van der Waals surface area contributed by atoms with Gasteiger partial charge in [0, 0.05) is 16.3 Å². The number of amides is 1. The summed E-state index contributed by atoms with van der Waals surface area (Å²) in [4.78, 5) is 17.3. The molecule has 3 aromatic carbocycles. The smallest absolute Gasteiger partial charge is 0.295 e. The van der Waals surface area contributed by atoms with E-state index in [1.807, 2.05) is 49.4 Å². The predicted molar refractivity (Wildman–Crippen MR) is 117 cm³/mol. The Morgan fingerprint density at radius 2 is 1.70 bits per heavy atom. The normalized spacial score (nSPS) is 10.6. The van der Waals surface area contributed by atoms with Crippen LogP contribution in [0.2, 0.25) is 5.02 Å². The zero-order chi connectivity index (χ0) is 20.9. The fourth-order valence-electron chi connectivity index (χ4n) is 2.93. The molecule has 6 nitrogen and oxygen atoms in total. The van der Waals surface area contributed by atoms with Crippen molar-refractivity contribution in [2.75, 3.05) is 11.9 Å². The first-order valence-corrected chi connectivity index (χ1v) is 9.84. The van der Waals surface area contributed by atoms with E-state index >= 15 is 0 Å². The predicted octanol–water partition coefficient (Wildman–Crippen LogP) is 5.24. The second-order valence-corrected chi connectivity index (χ2v) is 6.86. The van der Waals surface area contributed by atoms with Gasteiger partial charge in [0.15, 0.2) is 5.82 Å². The molecule has 0 bridgehead atoms. The van der Waals surface area contributed by atoms with E-state index in [1.54, 1.807) is 41.1 Å². The molecule has 4 aromatic rings. The standard InChI is InChI=1S/C23H19ClN4O2/c1-2-30-20-14-10-18(11-15-20)25-23(29)21-26-22(16-6-4-3-5-7-16)28(27-21)19-12-8-17(24)9-13-19/h3-15H,2H2,1H3,(H,25,29). The molecule has 0 saturated carbocycles. The fraction of sp³-hybridized carbons (Fsp3) is 0.0870. The highest BCUT2D eigenvalue weighted by Crippen LogP contribution is 2.23. The van der Waals surface area contributed by atoms with Crippen LogP contribution in [0.1, 0.15) is 17.5 Å². The molecule has 1 aromatic heterocycles. The Bertz CT molecular complexity index is 1140. The van der Waals surface area contributed by atoms with Crippen LogP contribution in [0.25, 0.3) is 17.1 Å². The van der Waals surface area contributed by atoms with Crippen LogP contribution in [-0.2, 0) is 0 Å². The van der Waals surface area contributed by atoms with Crippen LogP contribution in [0.4, 0.5) is 5.69 Å². The molecule has 0 aliphatic carbocycles. The van der Waals surface area contributed by atoms with E-state index in [0.29, 0.717) is 23.1 Å². The van der Waals surface area contributed by atoms with Crippen molar-refractivity contribution < 1.29 is 9.53 Å². The maximum Gasteiger partial charge on any atom is 0.295 e. The molecule has 30 heavy (non-hydrogen) atoms. The van der Waals surface area contributed by atoms with Gasteiger partial charge in [-0.1, -0.05) is 41.9 Å². The zero-order valence-corrected chi connectivity index (χ0v) is 17.0. The number of carbonyl (C=O) groups excluding carboxylic acids is 1. The average Bonchev–Trinajstić information content (AvgIpc) is 3.22. The molecule has 0 aliphatic rings. The van der Waals surface area contributed by atoms with Crippen molar-refractivity contribution in [1.29, 1.82) is 0 Å². The number of halogens is 1. The Labute approximate surface area is 179 Å². The lowest BCUT2D eigenvalue weighted by Gasteiger charge is -2.06. The Kier molecular flexibility index (Phi) is 5.77. The molecule has 0 fully saturated rings. The van der Waals surface area contributed by atoms with Crippen LogP contribution in [0, 0.1) is 0 Å². The van der Waals surface area contributed by atoms with Gasteiger partial charge < -0.3 is 10.1 Å². The van der Waals surface area contributed by atoms with Crippen LogP contribution < -0.4 is 10.1 Å². The van der Waals surface area contributed by atoms with Crippen molar-refractivity contribution in [3.05, 3.63) is 89.7 Å². The topological polar surface area (TPSA) is 69.0 Å². The van der Waals surface area contributed by atoms with Gasteiger partial charge in [-0.3, -0.25) is 4.79 Å². The van der Waals surface area contributed by atoms with Crippen LogP contribution in [0.15, 0.2) is 78.9 Å². The minimum absolute atomic E-state index is 0.0673. The number of nitrogens with one attached hydrogen (secondary N) is 1. The molecule has 1 heterocycles. The van der Waals surface area contributed by atoms with Crippen LogP contribution in [0.5, 0.6) is 5.75 Å². The molecule has 0 spiro atoms. The van der Waals surface area contributed by atoms with Gasteiger partial charge in [-0.25, -0.2) is 9.67 Å². The molecule has 1 N–H and O–H groups in total. The van der Waals surface area contributed by atoms with Crippen molar-refractivity contribution in [3.8, 4) is 22.8 Å². The van der Waals surface area contributed by atoms with Gasteiger partial charge in [0.2, 0.25) is 5.82 Å². The average molecular weight is 419 g/mol. The van der Waals surface area contributed by atoms with Crippen molar-refractivity contribution in [2.24, 2.45) is 0 Å². The summed E-state index contributed by atoms with van der Waals surface area (Å²) in [5.41, 5.74) is 2.23. The number of carbonyl (C=O) groups is 1. The lowest BCUT2D eigenvalue weighted by molar-refractivity contribution is 0.101. The molecule has 0 atom stereocenters. The van der Waals surface area contributed by atoms with E-state index in [2.05, 4.69) is 15.4 Å². The minimum Gasteiger partial charge on any atom is -0.494 e. The van der Waals surface area contributed by atoms with Crippen molar-refractivity contribution in [2.45, 2.75) is 6.92 Å². The molecule has 0 radical (unpaired) electrons. The summed E-state index contributed by atoms with van der Waals surface area (Å²) < 4.78 is 7.06. The molecule has 7 heteroatoms. The minimum atomic E-state index is -0.399. The highest BCUT2D eigenvalue weighted by molar-refractivity contribution is 6.30. The number of anilines is 1. The summed E-state index contributed by atoms with van der Waals surface area (Å²) in [6, 6.07) is 23.9. The first-order valence-electron chi connectivity index (χ1n) is 9.46. The van der Waals surface area contributed by atoms with E-state index in [9.17, 15) is 4.79 Å². The van der Waals surface area contributed by atoms with E-state index in [-0.39, 0.29) is 5.82 Å². The quantitative estimate of drug-likeness (QED) is 0.465. The van der Waals surface area contributed by atoms with Gasteiger partial charge in [0.1, 0.15) is 5.75 Å². The van der Waals surface area contributed by atoms with Gasteiger partial charge in [-0.2, -0.15) is 0 Å². The van der Waals surface area contributed by atoms with E-state index in [1.165, 1.54) is 0 Å². The van der Waals surface area contributed by atoms with Gasteiger partial charge in [-0.05, 0) is 55.5 Å². The van der Waals surface area contributed by atoms with Gasteiger partial charge >= 0.3 is 0 Å². The van der Waals surface area contributed by atoms with Crippen LogP contribution in [0.3, 0.4) is 0 Å². The zero-order valence-electron chi connectivity index (χ0n) is 16.2. The Balaban J connectivity index is 1.66. The number of benzene rings is 3. The molecular formula is C23H19ClN4O2. The first-order chi connectivity index (χ1) is 14.6. The number of ether oxygens (including phenoxy) is 1. The van der Waals surface area contributed by atoms with E-state index in [0.717, 1.165) is 17.0 Å². The first kappa shape index (κ1) is 19.7. The Morgan fingerprint density at radius 3 is 2.37 bits per heavy atom. The lowest BCUT2D eigenvalue weighted by atomic mass is 10.2. The summed E-state index contributed by atoms with van der Waals surface area (Å²) in [5, 5.41) is 7.90. The van der Waals surface area contributed by atoms with E-state index in [4.69, 9.17) is 16.3 Å². The van der Waals surface area contributed by atoms with Gasteiger partial charge in [0.25, 0.3) is 5.91 Å². The number of rotatable bonds is 6. The maximum atomic E-state index is 12.8. The summed E-state index contributed by atoms with van der Waals surface area (Å²) in [6.45, 7) is 2.50. The highest BCUT2D eigenvalue weighted by Gasteiger charge is 2.19. The van der Waals surface area contributed by atoms with Gasteiger partial charge in [0.05, 0.1) is 12.3 Å². The molecule has 0 unspecified atom stereocenters. The van der Waals surface area contributed by atoms with Crippen LogP contribution >= 0.6 is 11.6 Å². The number of aromatic nitrogens is 3. The maximum absolute atomic E-state index is 12.8. The fourth-order valence-corrected chi connectivity index (χ4v) is 3.06. The number of hydrogen-bond donors (Lipinski definition) is 1. The summed E-state index contributed by atoms with van der Waals surface area (Å²) in [7, 11) is 0. The van der Waals surface area contributed by atoms with Crippen LogP contribution in [-0.4, -0.2) is 27.3 Å². The molecule has 1 amide bonds. The van der Waals surface area contributed by atoms with E-state index < -0.39 is 5.91 Å². The summed E-state index contributed by atoms with van der Waals surface area (Å²) in [5.74, 6) is 0.975. The Morgan fingerprint density at radius 1 is 1.00 bits per heavy atom. The summed E-state index contributed by atoms with van der Waals surface area (Å²) in [6.07, 6.45) is 0. The Hall–Kier alpha value is -3.64. The van der Waals surface area contributed by atoms with Gasteiger partial charge in [-0.15, -0.1) is 5.10 Å². The molecule has 0 aliphatic heterocycles. The third kappa shape index (κ3) is 4.34. The largest absolute Gasteiger partial charge is 0.494 e. The molecule has 0 saturated heterocycles. The SMILES string of the molecule is CCOc1ccc(NC(=O)c2nc(-c3ccccc3)n(-c3ccc(Cl)cc3)n2)cc1. The number of nitrogens with zero attached hydrogens (tertiary/aromatic N) is 3. The molecular weight excluding hydrogens is 400 g/mol. The highest BCUT2D eigenvalue weighted by atomic mass is 35.5. The third-order valence-corrected chi connectivity index (χ3v) is 4.59. The monoisotopic (exact) mass is 418 g/mol. The molecule has 150 valence electrons. The number of hydrogen-bond acceptors (Lipinski definition) is 4. The van der Waals surface area contributed by atoms with Crippen molar-refractivity contribution in [1.82, 2.24) is 14.8 Å². The lowest BCUT2D eigenvalue weighted by Crippen LogP contribution is -2.14. The third-order valence-electron chi connectivity index (χ3n) is 4.34. The summed E-state index contributed by atoms with van der Waals surface area (Å²) >= 11 is 6.01. The second-order valence-electron chi connectivity index (χ2n) is 6.42. The van der Waals surface area contributed by atoms with Crippen molar-refractivity contribution >= 4 is 23.2 Å². The second kappa shape index (κ2) is 8.80. The van der Waals surface area contributed by atoms with Crippen molar-refractivity contribution in [3.63, 3.8) is 0 Å².